The van der Waals surface area contributed by atoms with Gasteiger partial charge in [-0.25, -0.2) is 4.79 Å². The second-order valence-corrected chi connectivity index (χ2v) is 6.89. The number of nitrogens with one attached hydrogen (secondary N) is 1. The number of aliphatic carboxylic acids is 1. The predicted octanol–water partition coefficient (Wildman–Crippen LogP) is 4.50. The molecule has 0 fully saturated rings. The SMILES string of the molecule is O=C(NC(Cc1ccc(O)cc1)C(=O)O)c1ccc(-c2ccc(C(F)(F)F)cc2)cc1. The third-order valence-corrected chi connectivity index (χ3v) is 4.67. The number of carboxylic acid groups (broad SMARTS) is 1. The molecule has 0 spiro atoms. The normalized spacial score (nSPS) is 12.2. The minimum Gasteiger partial charge on any atom is -0.508 e. The van der Waals surface area contributed by atoms with Gasteiger partial charge in [0.25, 0.3) is 5.91 Å². The molecule has 3 rings (SSSR count). The molecule has 0 aliphatic rings. The van der Waals surface area contributed by atoms with Crippen LogP contribution in [0.2, 0.25) is 0 Å². The average molecular weight is 429 g/mol. The average Bonchev–Trinajstić information content (AvgIpc) is 2.74. The Balaban J connectivity index is 1.70. The van der Waals surface area contributed by atoms with Crippen LogP contribution in [0.3, 0.4) is 0 Å². The summed E-state index contributed by atoms with van der Waals surface area (Å²) in [6, 6.07) is 15.6. The minimum atomic E-state index is -4.42. The highest BCUT2D eigenvalue weighted by molar-refractivity contribution is 5.97. The van der Waals surface area contributed by atoms with Crippen molar-refractivity contribution in [3.63, 3.8) is 0 Å². The predicted molar refractivity (Wildman–Crippen MR) is 108 cm³/mol. The first-order valence-corrected chi connectivity index (χ1v) is 9.23. The molecule has 8 heteroatoms. The van der Waals surface area contributed by atoms with Crippen LogP contribution in [0.5, 0.6) is 5.75 Å². The summed E-state index contributed by atoms with van der Waals surface area (Å²) in [4.78, 5) is 24.0. The highest BCUT2D eigenvalue weighted by Crippen LogP contribution is 2.31. The van der Waals surface area contributed by atoms with Gasteiger partial charge in [0.1, 0.15) is 11.8 Å². The number of aromatic hydroxyl groups is 1. The zero-order valence-electron chi connectivity index (χ0n) is 16.1. The molecule has 0 bridgehead atoms. The third kappa shape index (κ3) is 5.63. The number of phenolic OH excluding ortho intramolecular Hbond substituents is 1. The quantitative estimate of drug-likeness (QED) is 0.538. The van der Waals surface area contributed by atoms with Crippen molar-refractivity contribution in [1.29, 1.82) is 0 Å². The number of carbonyl (C=O) groups is 2. The third-order valence-electron chi connectivity index (χ3n) is 4.67. The van der Waals surface area contributed by atoms with Crippen LogP contribution in [0, 0.1) is 0 Å². The Morgan fingerprint density at radius 1 is 0.839 bits per heavy atom. The van der Waals surface area contributed by atoms with Gasteiger partial charge in [-0.05, 0) is 53.1 Å². The van der Waals surface area contributed by atoms with E-state index in [1.807, 2.05) is 0 Å². The van der Waals surface area contributed by atoms with E-state index in [0.29, 0.717) is 16.7 Å². The smallest absolute Gasteiger partial charge is 0.416 e. The van der Waals surface area contributed by atoms with Crippen molar-refractivity contribution >= 4 is 11.9 Å². The lowest BCUT2D eigenvalue weighted by molar-refractivity contribution is -0.139. The van der Waals surface area contributed by atoms with Crippen molar-refractivity contribution in [1.82, 2.24) is 5.32 Å². The van der Waals surface area contributed by atoms with Crippen LogP contribution in [0.15, 0.2) is 72.8 Å². The summed E-state index contributed by atoms with van der Waals surface area (Å²) in [5.74, 6) is -1.75. The monoisotopic (exact) mass is 429 g/mol. The van der Waals surface area contributed by atoms with Gasteiger partial charge in [-0.3, -0.25) is 4.79 Å². The Hall–Kier alpha value is -3.81. The van der Waals surface area contributed by atoms with Crippen molar-refractivity contribution in [3.8, 4) is 16.9 Å². The van der Waals surface area contributed by atoms with Gasteiger partial charge in [0.15, 0.2) is 0 Å². The molecule has 3 aromatic carbocycles. The van der Waals surface area contributed by atoms with Gasteiger partial charge in [0, 0.05) is 12.0 Å². The summed E-state index contributed by atoms with van der Waals surface area (Å²) in [6.45, 7) is 0. The number of benzene rings is 3. The zero-order chi connectivity index (χ0) is 22.6. The maximum atomic E-state index is 12.7. The fourth-order valence-corrected chi connectivity index (χ4v) is 2.98. The van der Waals surface area contributed by atoms with Crippen LogP contribution >= 0.6 is 0 Å². The molecule has 3 aromatic rings. The fourth-order valence-electron chi connectivity index (χ4n) is 2.98. The van der Waals surface area contributed by atoms with Crippen molar-refractivity contribution in [3.05, 3.63) is 89.5 Å². The fraction of sp³-hybridized carbons (Fsp3) is 0.130. The van der Waals surface area contributed by atoms with Gasteiger partial charge in [-0.2, -0.15) is 13.2 Å². The number of phenols is 1. The first-order chi connectivity index (χ1) is 14.6. The van der Waals surface area contributed by atoms with E-state index in [0.717, 1.165) is 12.1 Å². The van der Waals surface area contributed by atoms with Gasteiger partial charge in [0.05, 0.1) is 5.56 Å². The molecule has 0 radical (unpaired) electrons. The van der Waals surface area contributed by atoms with Gasteiger partial charge >= 0.3 is 12.1 Å². The van der Waals surface area contributed by atoms with Crippen LogP contribution in [-0.4, -0.2) is 28.1 Å². The van der Waals surface area contributed by atoms with E-state index in [2.05, 4.69) is 5.32 Å². The lowest BCUT2D eigenvalue weighted by Gasteiger charge is -2.15. The number of amides is 1. The minimum absolute atomic E-state index is 0.0327. The van der Waals surface area contributed by atoms with Crippen molar-refractivity contribution in [2.24, 2.45) is 0 Å². The Labute approximate surface area is 175 Å². The molecule has 160 valence electrons. The summed E-state index contributed by atoms with van der Waals surface area (Å²) in [5.41, 5.74) is 1.26. The Morgan fingerprint density at radius 2 is 1.35 bits per heavy atom. The number of halogens is 3. The van der Waals surface area contributed by atoms with Crippen molar-refractivity contribution < 1.29 is 33.0 Å². The molecule has 1 atom stereocenters. The summed E-state index contributed by atoms with van der Waals surface area (Å²) >= 11 is 0. The number of rotatable bonds is 6. The van der Waals surface area contributed by atoms with E-state index in [9.17, 15) is 33.0 Å². The van der Waals surface area contributed by atoms with E-state index >= 15 is 0 Å². The highest BCUT2D eigenvalue weighted by atomic mass is 19.4. The number of carbonyl (C=O) groups excluding carboxylic acids is 1. The van der Waals surface area contributed by atoms with Gasteiger partial charge in [0.2, 0.25) is 0 Å². The Morgan fingerprint density at radius 3 is 1.84 bits per heavy atom. The van der Waals surface area contributed by atoms with Crippen LogP contribution in [0.1, 0.15) is 21.5 Å². The highest BCUT2D eigenvalue weighted by Gasteiger charge is 2.30. The molecular formula is C23H18F3NO4. The topological polar surface area (TPSA) is 86.6 Å². The summed E-state index contributed by atoms with van der Waals surface area (Å²) in [7, 11) is 0. The maximum Gasteiger partial charge on any atom is 0.416 e. The lowest BCUT2D eigenvalue weighted by atomic mass is 10.0. The molecule has 0 aliphatic heterocycles. The van der Waals surface area contributed by atoms with E-state index in [1.54, 1.807) is 24.3 Å². The lowest BCUT2D eigenvalue weighted by Crippen LogP contribution is -2.42. The van der Waals surface area contributed by atoms with E-state index in [-0.39, 0.29) is 17.7 Å². The second kappa shape index (κ2) is 8.91. The standard InChI is InChI=1S/C23H18F3NO4/c24-23(25,26)18-9-7-16(8-10-18)15-3-5-17(6-4-15)21(29)27-20(22(30)31)13-14-1-11-19(28)12-2-14/h1-12,20,28H,13H2,(H,27,29)(H,30,31). The van der Waals surface area contributed by atoms with Crippen LogP contribution in [0.4, 0.5) is 13.2 Å². The van der Waals surface area contributed by atoms with Gasteiger partial charge in [-0.15, -0.1) is 0 Å². The van der Waals surface area contributed by atoms with E-state index in [1.165, 1.54) is 36.4 Å². The molecule has 1 unspecified atom stereocenters. The number of hydrogen-bond acceptors (Lipinski definition) is 3. The Kier molecular flexibility index (Phi) is 6.29. The van der Waals surface area contributed by atoms with Crippen LogP contribution < -0.4 is 5.32 Å². The van der Waals surface area contributed by atoms with Gasteiger partial charge in [-0.1, -0.05) is 36.4 Å². The molecular weight excluding hydrogens is 411 g/mol. The van der Waals surface area contributed by atoms with Crippen molar-refractivity contribution in [2.75, 3.05) is 0 Å². The largest absolute Gasteiger partial charge is 0.508 e. The molecule has 0 saturated heterocycles. The first-order valence-electron chi connectivity index (χ1n) is 9.23. The van der Waals surface area contributed by atoms with Crippen molar-refractivity contribution in [2.45, 2.75) is 18.6 Å². The second-order valence-electron chi connectivity index (χ2n) is 6.89. The van der Waals surface area contributed by atoms with E-state index < -0.39 is 29.7 Å². The molecule has 1 amide bonds. The van der Waals surface area contributed by atoms with Crippen LogP contribution in [0.25, 0.3) is 11.1 Å². The van der Waals surface area contributed by atoms with Crippen LogP contribution in [-0.2, 0) is 17.4 Å². The molecule has 0 saturated carbocycles. The molecule has 0 aromatic heterocycles. The Bertz CT molecular complexity index is 1060. The molecule has 31 heavy (non-hydrogen) atoms. The molecule has 5 nitrogen and oxygen atoms in total. The molecule has 0 aliphatic carbocycles. The summed E-state index contributed by atoms with van der Waals surface area (Å²) in [5, 5.41) is 21.2. The molecule has 0 heterocycles. The summed E-state index contributed by atoms with van der Waals surface area (Å²) in [6.07, 6.45) is -4.38. The summed E-state index contributed by atoms with van der Waals surface area (Å²) < 4.78 is 38.0. The van der Waals surface area contributed by atoms with E-state index in [4.69, 9.17) is 0 Å². The number of hydrogen-bond donors (Lipinski definition) is 3. The first kappa shape index (κ1) is 21.9. The maximum absolute atomic E-state index is 12.7. The molecule has 3 N–H and O–H groups in total. The number of alkyl halides is 3. The zero-order valence-corrected chi connectivity index (χ0v) is 16.1. The number of carboxylic acids is 1. The van der Waals surface area contributed by atoms with Gasteiger partial charge < -0.3 is 15.5 Å².